The molecule has 78 valence electrons. The van der Waals surface area contributed by atoms with Crippen molar-refractivity contribution >= 4 is 0 Å². The first kappa shape index (κ1) is 9.93. The molecule has 1 unspecified atom stereocenters. The van der Waals surface area contributed by atoms with Gasteiger partial charge in [-0.1, -0.05) is 30.3 Å². The molecule has 0 fully saturated rings. The van der Waals surface area contributed by atoms with Crippen LogP contribution in [-0.4, -0.2) is 16.2 Å². The number of H-pyrrole nitrogens is 1. The topological polar surface area (TPSA) is 54.7 Å². The van der Waals surface area contributed by atoms with Gasteiger partial charge < -0.3 is 5.73 Å². The van der Waals surface area contributed by atoms with Gasteiger partial charge in [0, 0.05) is 23.7 Å². The first-order valence-electron chi connectivity index (χ1n) is 5.10. The minimum Gasteiger partial charge on any atom is -0.328 e. The summed E-state index contributed by atoms with van der Waals surface area (Å²) in [5.41, 5.74) is 9.22. The smallest absolute Gasteiger partial charge is 0.0568 e. The minimum atomic E-state index is 0.146. The Hall–Kier alpha value is -1.61. The quantitative estimate of drug-likeness (QED) is 0.797. The van der Waals surface area contributed by atoms with E-state index in [1.807, 2.05) is 31.3 Å². The summed E-state index contributed by atoms with van der Waals surface area (Å²) in [5.74, 6) is 0. The van der Waals surface area contributed by atoms with E-state index in [1.54, 1.807) is 0 Å². The Morgan fingerprint density at radius 1 is 1.33 bits per heavy atom. The highest BCUT2D eigenvalue weighted by Gasteiger charge is 2.08. The first-order valence-corrected chi connectivity index (χ1v) is 5.10. The molecule has 1 aromatic heterocycles. The Labute approximate surface area is 89.3 Å². The van der Waals surface area contributed by atoms with Gasteiger partial charge in [-0.15, -0.1) is 0 Å². The van der Waals surface area contributed by atoms with E-state index in [0.29, 0.717) is 0 Å². The van der Waals surface area contributed by atoms with Crippen molar-refractivity contribution in [3.8, 4) is 11.1 Å². The predicted molar refractivity (Wildman–Crippen MR) is 61.4 cm³/mol. The van der Waals surface area contributed by atoms with E-state index in [-0.39, 0.29) is 6.04 Å². The molecule has 0 aliphatic carbocycles. The van der Waals surface area contributed by atoms with Crippen LogP contribution >= 0.6 is 0 Å². The lowest BCUT2D eigenvalue weighted by molar-refractivity contribution is 0.720. The molecule has 1 aromatic carbocycles. The number of hydrogen-bond acceptors (Lipinski definition) is 2. The fourth-order valence-corrected chi connectivity index (χ4v) is 1.66. The zero-order chi connectivity index (χ0) is 10.7. The molecule has 1 heterocycles. The van der Waals surface area contributed by atoms with Gasteiger partial charge >= 0.3 is 0 Å². The number of rotatable bonds is 3. The van der Waals surface area contributed by atoms with Crippen molar-refractivity contribution in [3.05, 3.63) is 42.2 Å². The van der Waals surface area contributed by atoms with Crippen LogP contribution in [0.1, 0.15) is 12.6 Å². The Morgan fingerprint density at radius 3 is 2.73 bits per heavy atom. The third-order valence-electron chi connectivity index (χ3n) is 2.33. The highest BCUT2D eigenvalue weighted by atomic mass is 15.1. The van der Waals surface area contributed by atoms with Gasteiger partial charge in [0.15, 0.2) is 0 Å². The average Bonchev–Trinajstić information content (AvgIpc) is 2.66. The molecule has 0 radical (unpaired) electrons. The zero-order valence-electron chi connectivity index (χ0n) is 8.77. The number of aromatic nitrogens is 2. The maximum Gasteiger partial charge on any atom is 0.0568 e. The van der Waals surface area contributed by atoms with Gasteiger partial charge in [0.1, 0.15) is 0 Å². The molecule has 1 atom stereocenters. The number of hydrogen-bond donors (Lipinski definition) is 2. The van der Waals surface area contributed by atoms with Gasteiger partial charge in [0.25, 0.3) is 0 Å². The van der Waals surface area contributed by atoms with Gasteiger partial charge in [-0.05, 0) is 12.5 Å². The first-order chi connectivity index (χ1) is 7.27. The molecule has 0 saturated heterocycles. The fourth-order valence-electron chi connectivity index (χ4n) is 1.66. The van der Waals surface area contributed by atoms with Gasteiger partial charge in [-0.2, -0.15) is 5.10 Å². The van der Waals surface area contributed by atoms with E-state index >= 15 is 0 Å². The SMILES string of the molecule is CC(N)Cc1[nH]ncc1-c1ccccc1. The molecule has 3 nitrogen and oxygen atoms in total. The Bertz CT molecular complexity index is 417. The van der Waals surface area contributed by atoms with Crippen LogP contribution in [-0.2, 0) is 6.42 Å². The van der Waals surface area contributed by atoms with E-state index in [9.17, 15) is 0 Å². The molecule has 3 heteroatoms. The van der Waals surface area contributed by atoms with Crippen LogP contribution in [0.4, 0.5) is 0 Å². The number of nitrogens with two attached hydrogens (primary N) is 1. The highest BCUT2D eigenvalue weighted by Crippen LogP contribution is 2.21. The fraction of sp³-hybridized carbons (Fsp3) is 0.250. The van der Waals surface area contributed by atoms with Crippen molar-refractivity contribution < 1.29 is 0 Å². The molecule has 2 rings (SSSR count). The van der Waals surface area contributed by atoms with E-state index in [1.165, 1.54) is 5.56 Å². The number of nitrogens with zero attached hydrogens (tertiary/aromatic N) is 1. The van der Waals surface area contributed by atoms with E-state index in [2.05, 4.69) is 22.3 Å². The van der Waals surface area contributed by atoms with E-state index in [0.717, 1.165) is 17.7 Å². The van der Waals surface area contributed by atoms with Crippen molar-refractivity contribution in [3.63, 3.8) is 0 Å². The molecule has 0 amide bonds. The molecule has 0 saturated carbocycles. The summed E-state index contributed by atoms with van der Waals surface area (Å²) in [6.07, 6.45) is 2.68. The van der Waals surface area contributed by atoms with E-state index in [4.69, 9.17) is 5.73 Å². The number of benzene rings is 1. The van der Waals surface area contributed by atoms with Crippen LogP contribution in [0.15, 0.2) is 36.5 Å². The van der Waals surface area contributed by atoms with Crippen molar-refractivity contribution in [1.82, 2.24) is 10.2 Å². The standard InChI is InChI=1S/C12H15N3/c1-9(13)7-12-11(8-14-15-12)10-5-3-2-4-6-10/h2-6,8-9H,7,13H2,1H3,(H,14,15). The maximum atomic E-state index is 5.78. The second-order valence-electron chi connectivity index (χ2n) is 3.81. The maximum absolute atomic E-state index is 5.78. The highest BCUT2D eigenvalue weighted by molar-refractivity contribution is 5.64. The van der Waals surface area contributed by atoms with Gasteiger partial charge in [0.2, 0.25) is 0 Å². The van der Waals surface area contributed by atoms with Crippen LogP contribution in [0.3, 0.4) is 0 Å². The Kier molecular flexibility index (Phi) is 2.83. The summed E-state index contributed by atoms with van der Waals surface area (Å²) in [5, 5.41) is 7.08. The number of nitrogens with one attached hydrogen (secondary N) is 1. The third kappa shape index (κ3) is 2.25. The third-order valence-corrected chi connectivity index (χ3v) is 2.33. The average molecular weight is 201 g/mol. The number of aromatic amines is 1. The second kappa shape index (κ2) is 4.28. The molecule has 0 aliphatic heterocycles. The molecule has 0 spiro atoms. The summed E-state index contributed by atoms with van der Waals surface area (Å²) in [6, 6.07) is 10.4. The predicted octanol–water partition coefficient (Wildman–Crippen LogP) is 1.97. The second-order valence-corrected chi connectivity index (χ2v) is 3.81. The zero-order valence-corrected chi connectivity index (χ0v) is 8.77. The molecular formula is C12H15N3. The van der Waals surface area contributed by atoms with Gasteiger partial charge in [0.05, 0.1) is 6.20 Å². The van der Waals surface area contributed by atoms with Crippen molar-refractivity contribution in [2.45, 2.75) is 19.4 Å². The minimum absolute atomic E-state index is 0.146. The monoisotopic (exact) mass is 201 g/mol. The molecule has 0 bridgehead atoms. The lowest BCUT2D eigenvalue weighted by Crippen LogP contribution is -2.18. The van der Waals surface area contributed by atoms with Crippen LogP contribution in [0.25, 0.3) is 11.1 Å². The van der Waals surface area contributed by atoms with Gasteiger partial charge in [-0.3, -0.25) is 5.10 Å². The molecular weight excluding hydrogens is 186 g/mol. The summed E-state index contributed by atoms with van der Waals surface area (Å²) in [7, 11) is 0. The lowest BCUT2D eigenvalue weighted by atomic mass is 10.0. The van der Waals surface area contributed by atoms with E-state index < -0.39 is 0 Å². The largest absolute Gasteiger partial charge is 0.328 e. The molecule has 0 aliphatic rings. The molecule has 2 aromatic rings. The summed E-state index contributed by atoms with van der Waals surface area (Å²) in [4.78, 5) is 0. The van der Waals surface area contributed by atoms with Crippen molar-refractivity contribution in [2.75, 3.05) is 0 Å². The summed E-state index contributed by atoms with van der Waals surface area (Å²) >= 11 is 0. The van der Waals surface area contributed by atoms with Crippen molar-refractivity contribution in [1.29, 1.82) is 0 Å². The Morgan fingerprint density at radius 2 is 2.07 bits per heavy atom. The Balaban J connectivity index is 2.33. The van der Waals surface area contributed by atoms with Crippen LogP contribution in [0.5, 0.6) is 0 Å². The van der Waals surface area contributed by atoms with Gasteiger partial charge in [-0.25, -0.2) is 0 Å². The lowest BCUT2D eigenvalue weighted by Gasteiger charge is -2.05. The molecule has 3 N–H and O–H groups in total. The normalized spacial score (nSPS) is 12.7. The molecule has 15 heavy (non-hydrogen) atoms. The van der Waals surface area contributed by atoms with Crippen LogP contribution in [0, 0.1) is 0 Å². The van der Waals surface area contributed by atoms with Crippen molar-refractivity contribution in [2.24, 2.45) is 5.73 Å². The van der Waals surface area contributed by atoms with Crippen LogP contribution < -0.4 is 5.73 Å². The summed E-state index contributed by atoms with van der Waals surface area (Å²) < 4.78 is 0. The van der Waals surface area contributed by atoms with Crippen LogP contribution in [0.2, 0.25) is 0 Å². The summed E-state index contributed by atoms with van der Waals surface area (Å²) in [6.45, 7) is 2.00.